The highest BCUT2D eigenvalue weighted by Gasteiger charge is 2.09. The van der Waals surface area contributed by atoms with Crippen molar-refractivity contribution in [3.05, 3.63) is 133 Å². The Kier molecular flexibility index (Phi) is 4.25. The second-order valence-corrected chi connectivity index (χ2v) is 8.99. The number of fused-ring (bicyclic) bond motifs is 5. The van der Waals surface area contributed by atoms with Gasteiger partial charge in [-0.1, -0.05) is 121 Å². The molecule has 0 saturated heterocycles. The van der Waals surface area contributed by atoms with E-state index >= 15 is 0 Å². The van der Waals surface area contributed by atoms with E-state index in [1.165, 1.54) is 65.3 Å². The van der Waals surface area contributed by atoms with Gasteiger partial charge in [-0.3, -0.25) is 0 Å². The predicted octanol–water partition coefficient (Wildman–Crippen LogP) is 9.63. The molecule has 0 fully saturated rings. The van der Waals surface area contributed by atoms with Gasteiger partial charge in [0, 0.05) is 0 Å². The van der Waals surface area contributed by atoms with Crippen molar-refractivity contribution >= 4 is 43.1 Å². The van der Waals surface area contributed by atoms with Crippen LogP contribution in [0, 0.1) is 0 Å². The van der Waals surface area contributed by atoms with Crippen LogP contribution in [0.4, 0.5) is 0 Å². The summed E-state index contributed by atoms with van der Waals surface area (Å²) in [6.07, 6.45) is 0. The van der Waals surface area contributed by atoms with Crippen LogP contribution in [0.25, 0.3) is 65.3 Å². The third-order valence-electron chi connectivity index (χ3n) is 7.04. The zero-order chi connectivity index (χ0) is 22.5. The van der Waals surface area contributed by atoms with Gasteiger partial charge in [0.1, 0.15) is 0 Å². The van der Waals surface area contributed by atoms with Crippen LogP contribution in [-0.4, -0.2) is 0 Å². The average molecular weight is 431 g/mol. The highest BCUT2D eigenvalue weighted by Crippen LogP contribution is 2.36. The molecule has 34 heavy (non-hydrogen) atoms. The van der Waals surface area contributed by atoms with Crippen LogP contribution in [0.3, 0.4) is 0 Å². The number of benzene rings is 7. The van der Waals surface area contributed by atoms with Gasteiger partial charge in [-0.05, 0) is 77.5 Å². The third kappa shape index (κ3) is 3.00. The Hall–Kier alpha value is -4.42. The smallest absolute Gasteiger partial charge is 0.00988 e. The first-order valence-electron chi connectivity index (χ1n) is 11.8. The van der Waals surface area contributed by atoms with Crippen LogP contribution < -0.4 is 0 Å². The van der Waals surface area contributed by atoms with Gasteiger partial charge in [-0.15, -0.1) is 0 Å². The minimum absolute atomic E-state index is 1.25. The van der Waals surface area contributed by atoms with E-state index in [9.17, 15) is 0 Å². The van der Waals surface area contributed by atoms with E-state index in [4.69, 9.17) is 0 Å². The molecule has 0 amide bonds. The normalized spacial score (nSPS) is 11.5. The molecule has 7 rings (SSSR count). The van der Waals surface area contributed by atoms with Crippen LogP contribution in [0.1, 0.15) is 0 Å². The first-order chi connectivity index (χ1) is 16.8. The van der Waals surface area contributed by atoms with Gasteiger partial charge in [0.05, 0.1) is 0 Å². The van der Waals surface area contributed by atoms with Crippen molar-refractivity contribution in [2.24, 2.45) is 0 Å². The lowest BCUT2D eigenvalue weighted by molar-refractivity contribution is 1.63. The van der Waals surface area contributed by atoms with E-state index < -0.39 is 0 Å². The zero-order valence-electron chi connectivity index (χ0n) is 18.7. The molecule has 0 N–H and O–H groups in total. The van der Waals surface area contributed by atoms with E-state index in [-0.39, 0.29) is 0 Å². The lowest BCUT2D eigenvalue weighted by atomic mass is 9.92. The van der Waals surface area contributed by atoms with Gasteiger partial charge < -0.3 is 0 Å². The van der Waals surface area contributed by atoms with Crippen molar-refractivity contribution in [3.8, 4) is 22.3 Å². The molecule has 0 unspecified atom stereocenters. The molecule has 0 bridgehead atoms. The summed E-state index contributed by atoms with van der Waals surface area (Å²) in [4.78, 5) is 0. The Morgan fingerprint density at radius 2 is 0.824 bits per heavy atom. The van der Waals surface area contributed by atoms with Crippen molar-refractivity contribution in [3.63, 3.8) is 0 Å². The van der Waals surface area contributed by atoms with Crippen LogP contribution in [0.2, 0.25) is 0 Å². The van der Waals surface area contributed by atoms with Crippen LogP contribution in [-0.2, 0) is 0 Å². The van der Waals surface area contributed by atoms with Crippen LogP contribution in [0.15, 0.2) is 133 Å². The number of rotatable bonds is 2. The quantitative estimate of drug-likeness (QED) is 0.189. The van der Waals surface area contributed by atoms with Crippen molar-refractivity contribution < 1.29 is 0 Å². The maximum absolute atomic E-state index is 2.33. The van der Waals surface area contributed by atoms with Gasteiger partial charge in [0.15, 0.2) is 0 Å². The summed E-state index contributed by atoms with van der Waals surface area (Å²) in [5, 5.41) is 10.3. The van der Waals surface area contributed by atoms with E-state index in [2.05, 4.69) is 133 Å². The summed E-state index contributed by atoms with van der Waals surface area (Å²) < 4.78 is 0. The molecular formula is C34H22. The van der Waals surface area contributed by atoms with E-state index in [1.54, 1.807) is 0 Å². The molecule has 0 nitrogen and oxygen atoms in total. The lowest BCUT2D eigenvalue weighted by Gasteiger charge is -2.12. The molecular weight excluding hydrogens is 408 g/mol. The van der Waals surface area contributed by atoms with E-state index in [0.717, 1.165) is 0 Å². The van der Waals surface area contributed by atoms with Crippen molar-refractivity contribution in [2.45, 2.75) is 0 Å². The van der Waals surface area contributed by atoms with Gasteiger partial charge in [0.2, 0.25) is 0 Å². The molecule has 0 radical (unpaired) electrons. The fourth-order valence-corrected chi connectivity index (χ4v) is 5.34. The summed E-state index contributed by atoms with van der Waals surface area (Å²) in [5.41, 5.74) is 5.05. The van der Waals surface area contributed by atoms with Crippen LogP contribution >= 0.6 is 0 Å². The monoisotopic (exact) mass is 430 g/mol. The minimum Gasteiger partial charge on any atom is -0.0616 e. The van der Waals surface area contributed by atoms with Crippen LogP contribution in [0.5, 0.6) is 0 Å². The molecule has 0 aliphatic carbocycles. The molecule has 0 aromatic heterocycles. The molecule has 0 spiro atoms. The largest absolute Gasteiger partial charge is 0.0616 e. The van der Waals surface area contributed by atoms with E-state index in [1.807, 2.05) is 0 Å². The summed E-state index contributed by atoms with van der Waals surface area (Å²) in [7, 11) is 0. The number of hydrogen-bond acceptors (Lipinski definition) is 0. The Labute approximate surface area is 198 Å². The van der Waals surface area contributed by atoms with Crippen molar-refractivity contribution in [2.75, 3.05) is 0 Å². The Balaban J connectivity index is 1.38. The standard InChI is InChI=1S/C34H22/c1-2-9-27-22-34-28(21-26(27)8-1)19-20-33-31(13-6-14-32(33)34)25-17-15-24(16-18-25)30-12-5-10-23-7-3-4-11-29(23)30/h1-22H. The molecule has 158 valence electrons. The Morgan fingerprint density at radius 1 is 0.265 bits per heavy atom. The second-order valence-electron chi connectivity index (χ2n) is 8.99. The summed E-state index contributed by atoms with van der Waals surface area (Å²) in [6, 6.07) is 48.6. The molecule has 0 aliphatic rings. The van der Waals surface area contributed by atoms with Gasteiger partial charge >= 0.3 is 0 Å². The maximum Gasteiger partial charge on any atom is -0.00988 e. The molecule has 0 saturated carbocycles. The fourth-order valence-electron chi connectivity index (χ4n) is 5.34. The zero-order valence-corrected chi connectivity index (χ0v) is 18.7. The van der Waals surface area contributed by atoms with Crippen molar-refractivity contribution in [1.82, 2.24) is 0 Å². The number of hydrogen-bond donors (Lipinski definition) is 0. The fraction of sp³-hybridized carbons (Fsp3) is 0. The topological polar surface area (TPSA) is 0 Å². The minimum atomic E-state index is 1.25. The highest BCUT2D eigenvalue weighted by molar-refractivity contribution is 6.15. The highest BCUT2D eigenvalue weighted by atomic mass is 14.1. The summed E-state index contributed by atoms with van der Waals surface area (Å²) in [6.45, 7) is 0. The van der Waals surface area contributed by atoms with Crippen molar-refractivity contribution in [1.29, 1.82) is 0 Å². The molecule has 0 heterocycles. The lowest BCUT2D eigenvalue weighted by Crippen LogP contribution is -1.85. The molecule has 7 aromatic carbocycles. The second kappa shape index (κ2) is 7.57. The molecule has 0 aliphatic heterocycles. The summed E-state index contributed by atoms with van der Waals surface area (Å²) >= 11 is 0. The summed E-state index contributed by atoms with van der Waals surface area (Å²) in [5.74, 6) is 0. The predicted molar refractivity (Wildman–Crippen MR) is 147 cm³/mol. The Bertz CT molecular complexity index is 1830. The molecule has 0 heteroatoms. The van der Waals surface area contributed by atoms with Gasteiger partial charge in [-0.2, -0.15) is 0 Å². The van der Waals surface area contributed by atoms with Gasteiger partial charge in [0.25, 0.3) is 0 Å². The molecule has 7 aromatic rings. The Morgan fingerprint density at radius 3 is 1.59 bits per heavy atom. The molecule has 0 atom stereocenters. The first kappa shape index (κ1) is 19.1. The van der Waals surface area contributed by atoms with Gasteiger partial charge in [-0.25, -0.2) is 0 Å². The SMILES string of the molecule is c1ccc2cc3c(ccc4c(-c5ccc(-c6cccc7ccccc67)cc5)cccc43)cc2c1. The van der Waals surface area contributed by atoms with E-state index in [0.29, 0.717) is 0 Å². The first-order valence-corrected chi connectivity index (χ1v) is 11.8. The third-order valence-corrected chi connectivity index (χ3v) is 7.04. The maximum atomic E-state index is 2.33. The average Bonchev–Trinajstić information content (AvgIpc) is 2.91.